The first-order chi connectivity index (χ1) is 6.68. The van der Waals surface area contributed by atoms with Crippen LogP contribution in [-0.4, -0.2) is 0 Å². The van der Waals surface area contributed by atoms with E-state index in [4.69, 9.17) is 0 Å². The van der Waals surface area contributed by atoms with Gasteiger partial charge in [0, 0.05) is 0 Å². The third kappa shape index (κ3) is 4.27. The van der Waals surface area contributed by atoms with Crippen LogP contribution < -0.4 is 0 Å². The zero-order valence-electron chi connectivity index (χ0n) is 9.34. The van der Waals surface area contributed by atoms with E-state index in [1.165, 1.54) is 42.4 Å². The van der Waals surface area contributed by atoms with Crippen molar-refractivity contribution in [2.75, 3.05) is 0 Å². The fraction of sp³-hybridized carbons (Fsp3) is 0.429. The maximum Gasteiger partial charge on any atom is -0.0279 e. The van der Waals surface area contributed by atoms with Gasteiger partial charge in [-0.3, -0.25) is 0 Å². The second-order valence-electron chi connectivity index (χ2n) is 4.15. The van der Waals surface area contributed by atoms with Gasteiger partial charge in [0.05, 0.1) is 0 Å². The van der Waals surface area contributed by atoms with Gasteiger partial charge in [0.15, 0.2) is 0 Å². The van der Waals surface area contributed by atoms with Gasteiger partial charge in [-0.05, 0) is 45.1 Å². The van der Waals surface area contributed by atoms with E-state index in [0.717, 1.165) is 0 Å². The summed E-state index contributed by atoms with van der Waals surface area (Å²) in [4.78, 5) is 0. The minimum Gasteiger partial charge on any atom is -0.100 e. The predicted molar refractivity (Wildman–Crippen MR) is 63.5 cm³/mol. The van der Waals surface area contributed by atoms with Crippen LogP contribution in [0.2, 0.25) is 0 Å². The molecule has 0 amide bonds. The van der Waals surface area contributed by atoms with Crippen molar-refractivity contribution in [2.24, 2.45) is 0 Å². The largest absolute Gasteiger partial charge is 0.100 e. The summed E-state index contributed by atoms with van der Waals surface area (Å²) in [6.45, 7) is 8.14. The first-order valence-corrected chi connectivity index (χ1v) is 5.38. The average Bonchev–Trinajstić information content (AvgIpc) is 2.15. The van der Waals surface area contributed by atoms with Gasteiger partial charge in [0.1, 0.15) is 0 Å². The highest BCUT2D eigenvalue weighted by atomic mass is 14.0. The molecule has 76 valence electrons. The first-order valence-electron chi connectivity index (χ1n) is 5.38. The highest BCUT2D eigenvalue weighted by Crippen LogP contribution is 2.10. The van der Waals surface area contributed by atoms with E-state index in [-0.39, 0.29) is 0 Å². The Morgan fingerprint density at radius 2 is 1.79 bits per heavy atom. The summed E-state index contributed by atoms with van der Waals surface area (Å²) in [6, 6.07) is 8.84. The molecule has 0 aliphatic heterocycles. The van der Waals surface area contributed by atoms with E-state index in [1.54, 1.807) is 0 Å². The molecule has 0 aromatic heterocycles. The molecule has 0 nitrogen and oxygen atoms in total. The predicted octanol–water partition coefficient (Wildman–Crippen LogP) is 4.28. The molecule has 0 saturated heterocycles. The lowest BCUT2D eigenvalue weighted by Crippen LogP contribution is -1.86. The van der Waals surface area contributed by atoms with Crippen LogP contribution >= 0.6 is 0 Å². The van der Waals surface area contributed by atoms with Crippen LogP contribution in [0.1, 0.15) is 37.3 Å². The molecule has 1 aromatic carbocycles. The SMILES string of the molecule is C=C(C)CCCCc1ccc(C)cc1. The van der Waals surface area contributed by atoms with Crippen LogP contribution in [0.4, 0.5) is 0 Å². The van der Waals surface area contributed by atoms with Gasteiger partial charge in [0.25, 0.3) is 0 Å². The van der Waals surface area contributed by atoms with Crippen molar-refractivity contribution in [3.05, 3.63) is 47.5 Å². The summed E-state index contributed by atoms with van der Waals surface area (Å²) in [5.41, 5.74) is 4.10. The third-order valence-corrected chi connectivity index (χ3v) is 2.44. The normalized spacial score (nSPS) is 10.1. The van der Waals surface area contributed by atoms with Crippen LogP contribution in [0.25, 0.3) is 0 Å². The number of rotatable bonds is 5. The molecule has 0 fully saturated rings. The van der Waals surface area contributed by atoms with Crippen molar-refractivity contribution in [1.82, 2.24) is 0 Å². The molecule has 0 spiro atoms. The van der Waals surface area contributed by atoms with Crippen LogP contribution in [0.3, 0.4) is 0 Å². The fourth-order valence-electron chi connectivity index (χ4n) is 1.51. The monoisotopic (exact) mass is 188 g/mol. The maximum atomic E-state index is 3.91. The minimum absolute atomic E-state index is 1.17. The van der Waals surface area contributed by atoms with E-state index < -0.39 is 0 Å². The van der Waals surface area contributed by atoms with Crippen LogP contribution in [0.15, 0.2) is 36.4 Å². The molecule has 14 heavy (non-hydrogen) atoms. The van der Waals surface area contributed by atoms with Crippen molar-refractivity contribution in [2.45, 2.75) is 39.5 Å². The molecule has 0 heteroatoms. The summed E-state index contributed by atoms with van der Waals surface area (Å²) in [5, 5.41) is 0. The van der Waals surface area contributed by atoms with Gasteiger partial charge in [-0.2, -0.15) is 0 Å². The molecule has 0 unspecified atom stereocenters. The number of hydrogen-bond acceptors (Lipinski definition) is 0. The van der Waals surface area contributed by atoms with E-state index in [1.807, 2.05) is 0 Å². The van der Waals surface area contributed by atoms with Crippen molar-refractivity contribution in [3.8, 4) is 0 Å². The zero-order valence-corrected chi connectivity index (χ0v) is 9.34. The van der Waals surface area contributed by atoms with Gasteiger partial charge >= 0.3 is 0 Å². The summed E-state index contributed by atoms with van der Waals surface area (Å²) >= 11 is 0. The van der Waals surface area contributed by atoms with Crippen molar-refractivity contribution >= 4 is 0 Å². The van der Waals surface area contributed by atoms with Crippen LogP contribution in [0, 0.1) is 6.92 Å². The Labute approximate surface area is 87.7 Å². The lowest BCUT2D eigenvalue weighted by atomic mass is 10.0. The summed E-state index contributed by atoms with van der Waals surface area (Å²) in [6.07, 6.45) is 4.92. The van der Waals surface area contributed by atoms with Crippen molar-refractivity contribution in [1.29, 1.82) is 0 Å². The smallest absolute Gasteiger partial charge is 0.0279 e. The number of hydrogen-bond donors (Lipinski definition) is 0. The second kappa shape index (κ2) is 5.64. The third-order valence-electron chi connectivity index (χ3n) is 2.44. The quantitative estimate of drug-likeness (QED) is 0.478. The Morgan fingerprint density at radius 3 is 2.36 bits per heavy atom. The summed E-state index contributed by atoms with van der Waals surface area (Å²) < 4.78 is 0. The topological polar surface area (TPSA) is 0 Å². The molecule has 0 aliphatic carbocycles. The van der Waals surface area contributed by atoms with Gasteiger partial charge in [-0.1, -0.05) is 35.4 Å². The lowest BCUT2D eigenvalue weighted by molar-refractivity contribution is 0.731. The number of benzene rings is 1. The Hall–Kier alpha value is -1.04. The van der Waals surface area contributed by atoms with E-state index in [0.29, 0.717) is 0 Å². The molecule has 0 bridgehead atoms. The van der Waals surface area contributed by atoms with Gasteiger partial charge < -0.3 is 0 Å². The Balaban J connectivity index is 2.25. The molecule has 1 aromatic rings. The van der Waals surface area contributed by atoms with Gasteiger partial charge in [-0.15, -0.1) is 6.58 Å². The Morgan fingerprint density at radius 1 is 1.14 bits per heavy atom. The fourth-order valence-corrected chi connectivity index (χ4v) is 1.51. The standard InChI is InChI=1S/C14H20/c1-12(2)6-4-5-7-14-10-8-13(3)9-11-14/h8-11H,1,4-7H2,2-3H3. The molecule has 0 radical (unpaired) electrons. The van der Waals surface area contributed by atoms with Crippen molar-refractivity contribution < 1.29 is 0 Å². The average molecular weight is 188 g/mol. The second-order valence-corrected chi connectivity index (χ2v) is 4.15. The molecular formula is C14H20. The van der Waals surface area contributed by atoms with E-state index in [9.17, 15) is 0 Å². The maximum absolute atomic E-state index is 3.91. The molecular weight excluding hydrogens is 168 g/mol. The highest BCUT2D eigenvalue weighted by Gasteiger charge is 1.93. The number of unbranched alkanes of at least 4 members (excludes halogenated alkanes) is 1. The Bertz CT molecular complexity index is 279. The van der Waals surface area contributed by atoms with E-state index in [2.05, 4.69) is 44.7 Å². The molecule has 0 atom stereocenters. The van der Waals surface area contributed by atoms with Crippen LogP contribution in [-0.2, 0) is 6.42 Å². The summed E-state index contributed by atoms with van der Waals surface area (Å²) in [7, 11) is 0. The van der Waals surface area contributed by atoms with Crippen molar-refractivity contribution in [3.63, 3.8) is 0 Å². The summed E-state index contributed by atoms with van der Waals surface area (Å²) in [5.74, 6) is 0. The zero-order chi connectivity index (χ0) is 10.4. The molecule has 0 N–H and O–H groups in total. The van der Waals surface area contributed by atoms with Crippen LogP contribution in [0.5, 0.6) is 0 Å². The lowest BCUT2D eigenvalue weighted by Gasteiger charge is -2.02. The van der Waals surface area contributed by atoms with Gasteiger partial charge in [0.2, 0.25) is 0 Å². The van der Waals surface area contributed by atoms with E-state index >= 15 is 0 Å². The number of aryl methyl sites for hydroxylation is 2. The molecule has 0 saturated carbocycles. The molecule has 0 aliphatic rings. The first kappa shape index (κ1) is 11.0. The highest BCUT2D eigenvalue weighted by molar-refractivity contribution is 5.21. The minimum atomic E-state index is 1.17. The Kier molecular flexibility index (Phi) is 4.45. The van der Waals surface area contributed by atoms with Gasteiger partial charge in [-0.25, -0.2) is 0 Å². The molecule has 1 rings (SSSR count). The number of allylic oxidation sites excluding steroid dienone is 1. The molecule has 0 heterocycles.